The van der Waals surface area contributed by atoms with E-state index >= 15 is 0 Å². The summed E-state index contributed by atoms with van der Waals surface area (Å²) in [5, 5.41) is 15.3. The molecule has 17 heavy (non-hydrogen) atoms. The van der Waals surface area contributed by atoms with Gasteiger partial charge in [0, 0.05) is 16.2 Å². The summed E-state index contributed by atoms with van der Waals surface area (Å²) in [5.41, 5.74) is 0.236. The van der Waals surface area contributed by atoms with E-state index in [1.807, 2.05) is 13.8 Å². The zero-order chi connectivity index (χ0) is 12.9. The number of hydrogen-bond acceptors (Lipinski definition) is 3. The Balaban J connectivity index is 2.42. The van der Waals surface area contributed by atoms with Gasteiger partial charge in [-0.2, -0.15) is 0 Å². The molecule has 1 rings (SSSR count). The first kappa shape index (κ1) is 14.0. The fourth-order valence-corrected chi connectivity index (χ4v) is 1.24. The molecule has 1 amide bonds. The highest BCUT2D eigenvalue weighted by Crippen LogP contribution is 2.13. The predicted molar refractivity (Wildman–Crippen MR) is 69.2 cm³/mol. The zero-order valence-electron chi connectivity index (χ0n) is 9.96. The van der Waals surface area contributed by atoms with E-state index in [2.05, 4.69) is 10.6 Å². The maximum atomic E-state index is 11.6. The molecule has 0 radical (unpaired) electrons. The van der Waals surface area contributed by atoms with Crippen molar-refractivity contribution < 1.29 is 9.90 Å². The van der Waals surface area contributed by atoms with Crippen molar-refractivity contribution in [2.24, 2.45) is 0 Å². The summed E-state index contributed by atoms with van der Waals surface area (Å²) in [4.78, 5) is 11.6. The molecule has 0 aliphatic heterocycles. The van der Waals surface area contributed by atoms with Gasteiger partial charge in [-0.15, -0.1) is 0 Å². The first-order chi connectivity index (χ1) is 7.93. The molecule has 0 saturated heterocycles. The summed E-state index contributed by atoms with van der Waals surface area (Å²) in [6.07, 6.45) is 0. The monoisotopic (exact) mass is 256 g/mol. The molecule has 0 fully saturated rings. The number of carbonyl (C=O) groups excluding carboxylic acids is 1. The molecule has 0 spiro atoms. The Labute approximate surface area is 106 Å². The lowest BCUT2D eigenvalue weighted by Gasteiger charge is -2.23. The fraction of sp³-hybridized carbons (Fsp3) is 0.417. The van der Waals surface area contributed by atoms with Crippen LogP contribution >= 0.6 is 11.6 Å². The third kappa shape index (κ3) is 5.17. The number of aliphatic hydroxyl groups excluding tert-OH is 1. The molecule has 3 N–H and O–H groups in total. The van der Waals surface area contributed by atoms with Crippen LogP contribution in [0, 0.1) is 0 Å². The van der Waals surface area contributed by atoms with Gasteiger partial charge in [0.25, 0.3) is 0 Å². The summed E-state index contributed by atoms with van der Waals surface area (Å²) in [7, 11) is 0. The van der Waals surface area contributed by atoms with Crippen molar-refractivity contribution in [3.63, 3.8) is 0 Å². The van der Waals surface area contributed by atoms with Crippen LogP contribution in [0.5, 0.6) is 0 Å². The summed E-state index contributed by atoms with van der Waals surface area (Å²) in [5.74, 6) is -0.158. The molecule has 1 aromatic rings. The minimum atomic E-state index is -0.461. The van der Waals surface area contributed by atoms with E-state index in [4.69, 9.17) is 16.7 Å². The van der Waals surface area contributed by atoms with Gasteiger partial charge in [0.15, 0.2) is 0 Å². The molecule has 0 heterocycles. The molecule has 94 valence electrons. The van der Waals surface area contributed by atoms with Gasteiger partial charge in [0.05, 0.1) is 13.2 Å². The SMILES string of the molecule is CC(C)(CO)NCC(=O)Nc1ccc(Cl)cc1. The Hall–Kier alpha value is -1.10. The largest absolute Gasteiger partial charge is 0.394 e. The first-order valence-electron chi connectivity index (χ1n) is 5.34. The number of halogens is 1. The predicted octanol–water partition coefficient (Wildman–Crippen LogP) is 1.64. The molecule has 0 unspecified atom stereocenters. The number of benzene rings is 1. The van der Waals surface area contributed by atoms with Crippen molar-refractivity contribution in [3.05, 3.63) is 29.3 Å². The number of amides is 1. The van der Waals surface area contributed by atoms with Crippen LogP contribution in [-0.2, 0) is 4.79 Å². The van der Waals surface area contributed by atoms with E-state index in [1.54, 1.807) is 24.3 Å². The van der Waals surface area contributed by atoms with Crippen molar-refractivity contribution in [2.75, 3.05) is 18.5 Å². The zero-order valence-corrected chi connectivity index (χ0v) is 10.7. The van der Waals surface area contributed by atoms with Crippen molar-refractivity contribution in [1.29, 1.82) is 0 Å². The molecule has 0 aliphatic carbocycles. The van der Waals surface area contributed by atoms with Crippen LogP contribution in [-0.4, -0.2) is 29.7 Å². The minimum absolute atomic E-state index is 0.0266. The van der Waals surface area contributed by atoms with Crippen molar-refractivity contribution in [1.82, 2.24) is 5.32 Å². The Morgan fingerprint density at radius 3 is 2.47 bits per heavy atom. The number of hydrogen-bond donors (Lipinski definition) is 3. The maximum Gasteiger partial charge on any atom is 0.238 e. The van der Waals surface area contributed by atoms with E-state index in [1.165, 1.54) is 0 Å². The average molecular weight is 257 g/mol. The normalized spacial score (nSPS) is 11.3. The molecule has 0 atom stereocenters. The van der Waals surface area contributed by atoms with Crippen LogP contribution in [0.25, 0.3) is 0 Å². The lowest BCUT2D eigenvalue weighted by Crippen LogP contribution is -2.46. The number of rotatable bonds is 5. The standard InChI is InChI=1S/C12H17ClN2O2/c1-12(2,8-16)14-7-11(17)15-10-5-3-9(13)4-6-10/h3-6,14,16H,7-8H2,1-2H3,(H,15,17). The Morgan fingerprint density at radius 1 is 1.35 bits per heavy atom. The number of aliphatic hydroxyl groups is 1. The van der Waals surface area contributed by atoms with Crippen molar-refractivity contribution in [3.8, 4) is 0 Å². The third-order valence-electron chi connectivity index (χ3n) is 2.25. The van der Waals surface area contributed by atoms with Crippen LogP contribution in [0.2, 0.25) is 5.02 Å². The first-order valence-corrected chi connectivity index (χ1v) is 5.72. The van der Waals surface area contributed by atoms with Crippen LogP contribution in [0.4, 0.5) is 5.69 Å². The average Bonchev–Trinajstić information content (AvgIpc) is 2.30. The molecule has 1 aromatic carbocycles. The molecule has 0 aliphatic rings. The van der Waals surface area contributed by atoms with Gasteiger partial charge in [-0.3, -0.25) is 4.79 Å². The van der Waals surface area contributed by atoms with E-state index < -0.39 is 5.54 Å². The molecule has 5 heteroatoms. The molecule has 4 nitrogen and oxygen atoms in total. The van der Waals surface area contributed by atoms with Crippen molar-refractivity contribution in [2.45, 2.75) is 19.4 Å². The van der Waals surface area contributed by atoms with Gasteiger partial charge in [-0.25, -0.2) is 0 Å². The molecular weight excluding hydrogens is 240 g/mol. The summed E-state index contributed by atoms with van der Waals surface area (Å²) < 4.78 is 0. The fourth-order valence-electron chi connectivity index (χ4n) is 1.11. The van der Waals surface area contributed by atoms with Crippen LogP contribution in [0.3, 0.4) is 0 Å². The van der Waals surface area contributed by atoms with Gasteiger partial charge in [-0.1, -0.05) is 11.6 Å². The second-order valence-corrected chi connectivity index (χ2v) is 4.89. The Bertz CT molecular complexity index is 377. The maximum absolute atomic E-state index is 11.6. The lowest BCUT2D eigenvalue weighted by molar-refractivity contribution is -0.115. The van der Waals surface area contributed by atoms with Gasteiger partial charge in [0.1, 0.15) is 0 Å². The van der Waals surface area contributed by atoms with E-state index in [9.17, 15) is 4.79 Å². The highest BCUT2D eigenvalue weighted by atomic mass is 35.5. The van der Waals surface area contributed by atoms with E-state index in [-0.39, 0.29) is 19.1 Å². The molecular formula is C12H17ClN2O2. The second kappa shape index (κ2) is 6.00. The summed E-state index contributed by atoms with van der Waals surface area (Å²) in [6, 6.07) is 6.89. The van der Waals surface area contributed by atoms with Crippen molar-refractivity contribution >= 4 is 23.2 Å². The quantitative estimate of drug-likeness (QED) is 0.751. The third-order valence-corrected chi connectivity index (χ3v) is 2.50. The minimum Gasteiger partial charge on any atom is -0.394 e. The topological polar surface area (TPSA) is 61.4 Å². The number of anilines is 1. The van der Waals surface area contributed by atoms with Crippen LogP contribution < -0.4 is 10.6 Å². The number of nitrogens with one attached hydrogen (secondary N) is 2. The highest BCUT2D eigenvalue weighted by Gasteiger charge is 2.16. The van der Waals surface area contributed by atoms with Gasteiger partial charge in [-0.05, 0) is 38.1 Å². The summed E-state index contributed by atoms with van der Waals surface area (Å²) in [6.45, 7) is 3.77. The Kier molecular flexibility index (Phi) is 4.93. The highest BCUT2D eigenvalue weighted by molar-refractivity contribution is 6.30. The number of carbonyl (C=O) groups is 1. The molecule has 0 saturated carbocycles. The van der Waals surface area contributed by atoms with E-state index in [0.29, 0.717) is 10.7 Å². The van der Waals surface area contributed by atoms with E-state index in [0.717, 1.165) is 0 Å². The summed E-state index contributed by atoms with van der Waals surface area (Å²) >= 11 is 5.74. The van der Waals surface area contributed by atoms with Gasteiger partial charge < -0.3 is 15.7 Å². The molecule has 0 aromatic heterocycles. The second-order valence-electron chi connectivity index (χ2n) is 4.45. The molecule has 0 bridgehead atoms. The smallest absolute Gasteiger partial charge is 0.238 e. The van der Waals surface area contributed by atoms with Gasteiger partial charge >= 0.3 is 0 Å². The van der Waals surface area contributed by atoms with Gasteiger partial charge in [0.2, 0.25) is 5.91 Å². The van der Waals surface area contributed by atoms with Crippen LogP contribution in [0.1, 0.15) is 13.8 Å². The lowest BCUT2D eigenvalue weighted by atomic mass is 10.1. The van der Waals surface area contributed by atoms with Crippen LogP contribution in [0.15, 0.2) is 24.3 Å². The Morgan fingerprint density at radius 2 is 1.94 bits per heavy atom.